The molecule has 2 fully saturated rings. The van der Waals surface area contributed by atoms with Gasteiger partial charge < -0.3 is 24.0 Å². The van der Waals surface area contributed by atoms with Gasteiger partial charge in [0.05, 0.1) is 23.4 Å². The van der Waals surface area contributed by atoms with Gasteiger partial charge in [0.2, 0.25) is 5.79 Å². The van der Waals surface area contributed by atoms with Gasteiger partial charge in [0.25, 0.3) is 0 Å². The minimum absolute atomic E-state index is 0.0640. The van der Waals surface area contributed by atoms with Gasteiger partial charge in [0.1, 0.15) is 43.5 Å². The molecule has 0 aliphatic carbocycles. The normalized spacial score (nSPS) is 20.0. The number of nitrogens with zero attached hydrogens (tertiary/aromatic N) is 8. The smallest absolute Gasteiger partial charge is 0.350 e. The molecule has 2 aliphatic rings. The Morgan fingerprint density at radius 2 is 1.60 bits per heavy atom. The molecule has 14 heteroatoms. The predicted octanol–water partition coefficient (Wildman–Crippen LogP) is 5.89. The average Bonchev–Trinajstić information content (AvgIpc) is 3.85. The number of aromatic nitrogens is 6. The second-order valence-corrected chi connectivity index (χ2v) is 13.5. The zero-order valence-corrected chi connectivity index (χ0v) is 29.8. The fourth-order valence-electron chi connectivity index (χ4n) is 6.39. The Labute approximate surface area is 300 Å². The monoisotopic (exact) mass is 718 g/mol. The quantitative estimate of drug-likeness (QED) is 0.166. The Hall–Kier alpha value is -4.36. The number of anilines is 2. The maximum absolute atomic E-state index is 12.8. The van der Waals surface area contributed by atoms with E-state index in [0.717, 1.165) is 55.4 Å². The van der Waals surface area contributed by atoms with Crippen LogP contribution in [0.2, 0.25) is 10.0 Å². The van der Waals surface area contributed by atoms with E-state index in [1.54, 1.807) is 34.0 Å². The molecule has 0 spiro atoms. The van der Waals surface area contributed by atoms with Crippen LogP contribution in [0.1, 0.15) is 37.7 Å². The van der Waals surface area contributed by atoms with E-state index in [9.17, 15) is 4.79 Å². The third-order valence-corrected chi connectivity index (χ3v) is 9.88. The fourth-order valence-corrected chi connectivity index (χ4v) is 6.94. The van der Waals surface area contributed by atoms with Crippen molar-refractivity contribution < 1.29 is 14.2 Å². The molecule has 3 atom stereocenters. The second-order valence-electron chi connectivity index (χ2n) is 12.7. The van der Waals surface area contributed by atoms with Gasteiger partial charge in [-0.25, -0.2) is 23.7 Å². The van der Waals surface area contributed by atoms with Crippen LogP contribution >= 0.6 is 23.2 Å². The van der Waals surface area contributed by atoms with Crippen molar-refractivity contribution in [2.45, 2.75) is 51.7 Å². The van der Waals surface area contributed by atoms with E-state index in [4.69, 9.17) is 37.4 Å². The van der Waals surface area contributed by atoms with E-state index < -0.39 is 5.79 Å². The first kappa shape index (κ1) is 34.1. The Balaban J connectivity index is 0.929. The molecule has 0 radical (unpaired) electrons. The van der Waals surface area contributed by atoms with Gasteiger partial charge in [-0.05, 0) is 80.9 Å². The molecule has 0 saturated carbocycles. The molecule has 5 aromatic rings. The van der Waals surface area contributed by atoms with Crippen LogP contribution in [0.3, 0.4) is 0 Å². The summed E-state index contributed by atoms with van der Waals surface area (Å²) in [6, 6.07) is 21.6. The number of piperazine rings is 1. The SMILES string of the molecule is CCC(C)n1ncn(-c2ccc(N3CCN(c4ccc(OC[C@@H]5CO[C@@](Cn6cnc(C)n6)(c6ccc(Cl)cc6Cl)O5)cc4)CC3)cc2)c1=O. The first-order valence-corrected chi connectivity index (χ1v) is 17.6. The maximum Gasteiger partial charge on any atom is 0.350 e. The molecule has 1 unspecified atom stereocenters. The highest BCUT2D eigenvalue weighted by molar-refractivity contribution is 6.35. The summed E-state index contributed by atoms with van der Waals surface area (Å²) in [5.74, 6) is 0.234. The molecule has 7 rings (SSSR count). The van der Waals surface area contributed by atoms with Gasteiger partial charge in [-0.3, -0.25) is 0 Å². The van der Waals surface area contributed by atoms with Crippen LogP contribution in [-0.4, -0.2) is 74.6 Å². The average molecular weight is 720 g/mol. The van der Waals surface area contributed by atoms with Crippen molar-refractivity contribution in [3.8, 4) is 11.4 Å². The molecule has 4 heterocycles. The van der Waals surface area contributed by atoms with Crippen molar-refractivity contribution in [2.24, 2.45) is 0 Å². The van der Waals surface area contributed by atoms with Crippen LogP contribution in [-0.2, 0) is 21.8 Å². The van der Waals surface area contributed by atoms with E-state index in [1.165, 1.54) is 4.68 Å². The van der Waals surface area contributed by atoms with Gasteiger partial charge in [-0.15, -0.1) is 0 Å². The molecule has 12 nitrogen and oxygen atoms in total. The zero-order valence-electron chi connectivity index (χ0n) is 28.3. The third-order valence-electron chi connectivity index (χ3n) is 9.33. The van der Waals surface area contributed by atoms with Crippen molar-refractivity contribution in [3.63, 3.8) is 0 Å². The zero-order chi connectivity index (χ0) is 34.8. The summed E-state index contributed by atoms with van der Waals surface area (Å²) in [7, 11) is 0. The molecular weight excluding hydrogens is 679 g/mol. The number of rotatable bonds is 11. The molecule has 2 saturated heterocycles. The number of ether oxygens (including phenoxy) is 3. The van der Waals surface area contributed by atoms with Crippen LogP contribution in [0.25, 0.3) is 5.69 Å². The molecule has 0 N–H and O–H groups in total. The number of halogens is 2. The van der Waals surface area contributed by atoms with E-state index in [0.29, 0.717) is 34.6 Å². The lowest BCUT2D eigenvalue weighted by atomic mass is 10.1. The van der Waals surface area contributed by atoms with Gasteiger partial charge in [-0.1, -0.05) is 36.2 Å². The lowest BCUT2D eigenvalue weighted by Gasteiger charge is -2.37. The molecule has 2 aromatic heterocycles. The van der Waals surface area contributed by atoms with Gasteiger partial charge >= 0.3 is 5.69 Å². The maximum atomic E-state index is 12.8. The van der Waals surface area contributed by atoms with Crippen molar-refractivity contribution in [2.75, 3.05) is 49.2 Å². The topological polar surface area (TPSA) is 105 Å². The summed E-state index contributed by atoms with van der Waals surface area (Å²) >= 11 is 12.8. The Bertz CT molecular complexity index is 1970. The van der Waals surface area contributed by atoms with E-state index in [1.807, 2.05) is 51.1 Å². The van der Waals surface area contributed by atoms with Crippen LogP contribution < -0.4 is 20.2 Å². The Kier molecular flexibility index (Phi) is 9.87. The molecule has 262 valence electrons. The molecule has 2 aliphatic heterocycles. The number of benzene rings is 3. The van der Waals surface area contributed by atoms with Crippen molar-refractivity contribution in [1.82, 2.24) is 29.1 Å². The summed E-state index contributed by atoms with van der Waals surface area (Å²) < 4.78 is 23.8. The van der Waals surface area contributed by atoms with E-state index >= 15 is 0 Å². The van der Waals surface area contributed by atoms with Crippen LogP contribution in [0.4, 0.5) is 11.4 Å². The highest BCUT2D eigenvalue weighted by Gasteiger charge is 2.45. The minimum Gasteiger partial charge on any atom is -0.491 e. The van der Waals surface area contributed by atoms with Gasteiger partial charge in [0, 0.05) is 48.1 Å². The highest BCUT2D eigenvalue weighted by Crippen LogP contribution is 2.40. The molecule has 3 aromatic carbocycles. The number of aryl methyl sites for hydroxylation is 1. The van der Waals surface area contributed by atoms with Crippen molar-refractivity contribution in [3.05, 3.63) is 111 Å². The number of hydrogen-bond acceptors (Lipinski definition) is 9. The summed E-state index contributed by atoms with van der Waals surface area (Å²) in [5, 5.41) is 9.70. The van der Waals surface area contributed by atoms with Gasteiger partial charge in [-0.2, -0.15) is 10.2 Å². The molecule has 0 amide bonds. The first-order valence-electron chi connectivity index (χ1n) is 16.8. The lowest BCUT2D eigenvalue weighted by molar-refractivity contribution is -0.190. The lowest BCUT2D eigenvalue weighted by Crippen LogP contribution is -2.46. The van der Waals surface area contributed by atoms with Crippen LogP contribution in [0.15, 0.2) is 84.2 Å². The fraction of sp³-hybridized carbons (Fsp3) is 0.389. The van der Waals surface area contributed by atoms with Crippen LogP contribution in [0, 0.1) is 6.92 Å². The Morgan fingerprint density at radius 1 is 0.940 bits per heavy atom. The summed E-state index contributed by atoms with van der Waals surface area (Å²) in [4.78, 5) is 21.8. The summed E-state index contributed by atoms with van der Waals surface area (Å²) in [5.41, 5.74) is 3.64. The largest absolute Gasteiger partial charge is 0.491 e. The first-order chi connectivity index (χ1) is 24.2. The van der Waals surface area contributed by atoms with E-state index in [-0.39, 0.29) is 24.4 Å². The molecule has 50 heavy (non-hydrogen) atoms. The Morgan fingerprint density at radius 3 is 2.22 bits per heavy atom. The van der Waals surface area contributed by atoms with Crippen molar-refractivity contribution in [1.29, 1.82) is 0 Å². The number of hydrogen-bond donors (Lipinski definition) is 0. The van der Waals surface area contributed by atoms with Crippen LogP contribution in [0.5, 0.6) is 5.75 Å². The predicted molar refractivity (Wildman–Crippen MR) is 193 cm³/mol. The summed E-state index contributed by atoms with van der Waals surface area (Å²) in [6.45, 7) is 10.3. The standard InChI is InChI=1S/C36H40Cl2N8O4/c1-4-25(2)46-35(47)45(24-40-46)30-8-6-28(7-9-30)42-15-17-43(18-16-42)29-10-12-31(13-11-29)48-20-32-21-49-36(50-32,22-44-23-39-26(3)41-44)33-14-5-27(37)19-34(33)38/h5-14,19,23-25,32H,4,15-18,20-22H2,1-3H3/t25?,32-,36-/m1/s1. The molecule has 0 bridgehead atoms. The third kappa shape index (κ3) is 7.11. The van der Waals surface area contributed by atoms with Crippen molar-refractivity contribution >= 4 is 34.6 Å². The highest BCUT2D eigenvalue weighted by atomic mass is 35.5. The minimum atomic E-state index is -1.17. The second kappa shape index (κ2) is 14.5. The molecular formula is C36H40Cl2N8O4. The van der Waals surface area contributed by atoms with E-state index in [2.05, 4.69) is 49.2 Å². The van der Waals surface area contributed by atoms with Gasteiger partial charge in [0.15, 0.2) is 0 Å². The summed E-state index contributed by atoms with van der Waals surface area (Å²) in [6.07, 6.45) is 3.76.